The van der Waals surface area contributed by atoms with Crippen LogP contribution >= 0.6 is 0 Å². The molecule has 0 amide bonds. The second-order valence-electron chi connectivity index (χ2n) is 0. The molecule has 0 aliphatic heterocycles. The predicted octanol–water partition coefficient (Wildman–Crippen LogP) is -2.74. The van der Waals surface area contributed by atoms with E-state index in [4.69, 9.17) is 47.9 Å². The van der Waals surface area contributed by atoms with Crippen LogP contribution < -0.4 is 0 Å². The second-order valence-corrected chi connectivity index (χ2v) is 0. The van der Waals surface area contributed by atoms with Gasteiger partial charge in [0.2, 0.25) is 0 Å². The Balaban J connectivity index is -0.00000000585. The first-order valence-electron chi connectivity index (χ1n) is 2.36. The first-order chi connectivity index (χ1) is 10.0. The van der Waals surface area contributed by atoms with E-state index < -0.39 is 0 Å². The zero-order chi connectivity index (χ0) is 20.0. The summed E-state index contributed by atoms with van der Waals surface area (Å²) in [6.07, 6.45) is 0. The van der Waals surface area contributed by atoms with Crippen molar-refractivity contribution in [1.29, 1.82) is 0 Å². The molecule has 0 heterocycles. The number of rotatable bonds is 0. The minimum absolute atomic E-state index is 0. The molecule has 0 N–H and O–H groups in total. The Morgan fingerprint density at radius 3 is 0.190 bits per heavy atom. The first kappa shape index (κ1) is 102. The van der Waals surface area contributed by atoms with Crippen LogP contribution in [0.3, 0.4) is 0 Å². The predicted molar refractivity (Wildman–Crippen MR) is 67.5 cm³/mol. The summed E-state index contributed by atoms with van der Waals surface area (Å²) in [6.45, 7) is 32.5. The molecule has 0 fully saturated rings. The van der Waals surface area contributed by atoms with E-state index in [9.17, 15) is 0 Å². The van der Waals surface area contributed by atoms with Crippen LogP contribution in [0.2, 0.25) is 0 Å². The Labute approximate surface area is 136 Å². The second kappa shape index (κ2) is 668. The van der Waals surface area contributed by atoms with Gasteiger partial charge in [0.15, 0.2) is 0 Å². The standard InChI is InChI=1S/10CHO.Re/c10*1-2;/h10*1H;/q10*-1;. The minimum atomic E-state index is 0. The summed E-state index contributed by atoms with van der Waals surface area (Å²) >= 11 is 0. The third kappa shape index (κ3) is 589. The molecule has 0 saturated carbocycles. The molecular formula is C10H10O10Re-10. The molecule has 0 bridgehead atoms. The van der Waals surface area contributed by atoms with Crippen molar-refractivity contribution in [3.05, 3.63) is 0 Å². The van der Waals surface area contributed by atoms with E-state index in [0.717, 1.165) is 0 Å². The molecule has 10 nitrogen and oxygen atoms in total. The van der Waals surface area contributed by atoms with E-state index in [0.29, 0.717) is 0 Å². The smallest absolute Gasteiger partial charge is 0 e. The Kier molecular flexibility index (Phi) is 3250. The summed E-state index contributed by atoms with van der Waals surface area (Å²) in [5.74, 6) is 0. The topological polar surface area (TPSA) is 171 Å². The van der Waals surface area contributed by atoms with Crippen LogP contribution in [0.5, 0.6) is 0 Å². The summed E-state index contributed by atoms with van der Waals surface area (Å²) in [5, 5.41) is 0. The monoisotopic (exact) mass is 477 g/mol. The summed E-state index contributed by atoms with van der Waals surface area (Å²) in [7, 11) is 0. The van der Waals surface area contributed by atoms with Gasteiger partial charge in [-0.25, -0.2) is 0 Å². The van der Waals surface area contributed by atoms with Crippen LogP contribution in [0.1, 0.15) is 0 Å². The Morgan fingerprint density at radius 2 is 0.190 bits per heavy atom. The van der Waals surface area contributed by atoms with Crippen molar-refractivity contribution in [3.8, 4) is 0 Å². The van der Waals surface area contributed by atoms with E-state index in [2.05, 4.69) is 67.9 Å². The van der Waals surface area contributed by atoms with Crippen molar-refractivity contribution in [2.45, 2.75) is 0 Å². The van der Waals surface area contributed by atoms with Gasteiger partial charge in [-0.15, -0.1) is 0 Å². The molecule has 0 spiro atoms. The van der Waals surface area contributed by atoms with Crippen LogP contribution in [-0.2, 0) is 68.4 Å². The molecule has 0 saturated heterocycles. The summed E-state index contributed by atoms with van der Waals surface area (Å²) in [5.41, 5.74) is 0. The maximum atomic E-state index is 7.75. The molecule has 0 rings (SSSR count). The molecule has 0 aliphatic carbocycles. The van der Waals surface area contributed by atoms with Crippen molar-refractivity contribution in [3.63, 3.8) is 0 Å². The normalized spacial score (nSPS) is 1.90. The Hall–Kier alpha value is -2.64. The summed E-state index contributed by atoms with van der Waals surface area (Å²) in [6, 6.07) is 0. The van der Waals surface area contributed by atoms with Gasteiger partial charge in [0, 0.05) is 20.4 Å². The average molecular weight is 476 g/mol. The molecule has 11 heteroatoms. The number of hydrogen-bond donors (Lipinski definition) is 0. The third-order valence-corrected chi connectivity index (χ3v) is 0. The van der Waals surface area contributed by atoms with Crippen molar-refractivity contribution >= 4 is 67.9 Å². The molecule has 0 aromatic heterocycles. The zero-order valence-electron chi connectivity index (χ0n) is 10.2. The molecular weight excluding hydrogens is 466 g/mol. The quantitative estimate of drug-likeness (QED) is 0.264. The van der Waals surface area contributed by atoms with E-state index >= 15 is 0 Å². The maximum absolute atomic E-state index is 7.75. The number of carbonyl (C=O) groups excluding carboxylic acids is 10. The molecule has 0 aliphatic rings. The molecule has 0 aromatic rings. The fourth-order valence-electron chi connectivity index (χ4n) is 0. The van der Waals surface area contributed by atoms with E-state index in [1.165, 1.54) is 0 Å². The molecule has 0 aromatic carbocycles. The van der Waals surface area contributed by atoms with Crippen LogP contribution in [0.4, 0.5) is 0 Å². The van der Waals surface area contributed by atoms with Gasteiger partial charge in [-0.1, -0.05) is 0 Å². The van der Waals surface area contributed by atoms with E-state index in [1.54, 1.807) is 0 Å². The van der Waals surface area contributed by atoms with Gasteiger partial charge in [0.25, 0.3) is 0 Å². The third-order valence-electron chi connectivity index (χ3n) is 0. The van der Waals surface area contributed by atoms with E-state index in [-0.39, 0.29) is 20.4 Å². The Morgan fingerprint density at radius 1 is 0.190 bits per heavy atom. The van der Waals surface area contributed by atoms with Crippen molar-refractivity contribution in [2.24, 2.45) is 0 Å². The first-order valence-corrected chi connectivity index (χ1v) is 2.36. The molecule has 1 radical (unpaired) electrons. The van der Waals surface area contributed by atoms with Crippen LogP contribution in [-0.4, -0.2) is 67.9 Å². The van der Waals surface area contributed by atoms with Crippen molar-refractivity contribution < 1.29 is 68.4 Å². The van der Waals surface area contributed by atoms with Gasteiger partial charge in [-0.2, -0.15) is 0 Å². The largest absolute Gasteiger partial charge is 0.545 e. The number of hydrogen-bond acceptors (Lipinski definition) is 10. The summed E-state index contributed by atoms with van der Waals surface area (Å²) < 4.78 is 0. The van der Waals surface area contributed by atoms with Crippen LogP contribution in [0.15, 0.2) is 0 Å². The minimum Gasteiger partial charge on any atom is -0.545 e. The molecule has 0 unspecified atom stereocenters. The van der Waals surface area contributed by atoms with E-state index in [1.807, 2.05) is 0 Å². The van der Waals surface area contributed by atoms with Crippen molar-refractivity contribution in [2.75, 3.05) is 0 Å². The molecule has 127 valence electrons. The average Bonchev–Trinajstić information content (AvgIpc) is 2.71. The zero-order valence-corrected chi connectivity index (χ0v) is 12.9. The molecule has 0 atom stereocenters. The van der Waals surface area contributed by atoms with Crippen molar-refractivity contribution in [1.82, 2.24) is 0 Å². The van der Waals surface area contributed by atoms with Gasteiger partial charge >= 0.3 is 0 Å². The maximum Gasteiger partial charge on any atom is 0 e. The van der Waals surface area contributed by atoms with Crippen LogP contribution in [0, 0.1) is 0 Å². The van der Waals surface area contributed by atoms with Gasteiger partial charge in [-0.3, -0.25) is 67.9 Å². The van der Waals surface area contributed by atoms with Gasteiger partial charge in [0.1, 0.15) is 0 Å². The Bertz CT molecular complexity index is 59.0. The van der Waals surface area contributed by atoms with Crippen LogP contribution in [0.25, 0.3) is 0 Å². The summed E-state index contributed by atoms with van der Waals surface area (Å²) in [4.78, 5) is 77.5. The fourth-order valence-corrected chi connectivity index (χ4v) is 0. The fraction of sp³-hybridized carbons (Fsp3) is 0. The van der Waals surface area contributed by atoms with Gasteiger partial charge in [0.05, 0.1) is 0 Å². The SMILES string of the molecule is [CH-]=O.[CH-]=O.[CH-]=O.[CH-]=O.[CH-]=O.[CH-]=O.[CH-]=O.[CH-]=O.[CH-]=O.[CH-]=O.[Re]. The van der Waals surface area contributed by atoms with Gasteiger partial charge < -0.3 is 47.9 Å². The van der Waals surface area contributed by atoms with Gasteiger partial charge in [-0.05, 0) is 0 Å². The molecule has 21 heavy (non-hydrogen) atoms.